The second-order valence-corrected chi connectivity index (χ2v) is 4.05. The van der Waals surface area contributed by atoms with Crippen molar-refractivity contribution in [1.29, 1.82) is 5.26 Å². The maximum Gasteiger partial charge on any atom is 0.0625 e. The third-order valence-electron chi connectivity index (χ3n) is 2.54. The molecule has 0 saturated heterocycles. The van der Waals surface area contributed by atoms with Crippen LogP contribution in [0.1, 0.15) is 12.0 Å². The Morgan fingerprint density at radius 3 is 3.21 bits per heavy atom. The van der Waals surface area contributed by atoms with E-state index in [4.69, 9.17) is 16.9 Å². The molecule has 1 heterocycles. The standard InChI is InChI=1S/C11H11ClN2/c12-10-1-2-11-9(6-10)5-8(3-4-13)7-14-11/h1-2,6,8,14H,3,5,7H2. The first-order valence-corrected chi connectivity index (χ1v) is 5.06. The monoisotopic (exact) mass is 206 g/mol. The Kier molecular flexibility index (Phi) is 2.60. The van der Waals surface area contributed by atoms with Gasteiger partial charge in [0.05, 0.1) is 6.07 Å². The van der Waals surface area contributed by atoms with E-state index < -0.39 is 0 Å². The lowest BCUT2D eigenvalue weighted by molar-refractivity contribution is 0.551. The topological polar surface area (TPSA) is 35.8 Å². The van der Waals surface area contributed by atoms with Crippen LogP contribution in [0.4, 0.5) is 5.69 Å². The van der Waals surface area contributed by atoms with Crippen molar-refractivity contribution in [2.75, 3.05) is 11.9 Å². The van der Waals surface area contributed by atoms with Crippen molar-refractivity contribution >= 4 is 17.3 Å². The second kappa shape index (κ2) is 3.89. The molecule has 1 atom stereocenters. The molecule has 0 radical (unpaired) electrons. The van der Waals surface area contributed by atoms with Gasteiger partial charge in [0.15, 0.2) is 0 Å². The van der Waals surface area contributed by atoms with Crippen LogP contribution in [0.5, 0.6) is 0 Å². The minimum Gasteiger partial charge on any atom is -0.384 e. The van der Waals surface area contributed by atoms with Crippen LogP contribution < -0.4 is 5.32 Å². The molecule has 1 aliphatic heterocycles. The summed E-state index contributed by atoms with van der Waals surface area (Å²) in [5.74, 6) is 0.422. The minimum absolute atomic E-state index is 0.422. The van der Waals surface area contributed by atoms with Gasteiger partial charge in [-0.3, -0.25) is 0 Å². The van der Waals surface area contributed by atoms with Crippen LogP contribution >= 0.6 is 11.6 Å². The molecule has 72 valence electrons. The van der Waals surface area contributed by atoms with E-state index in [0.717, 1.165) is 23.7 Å². The Hall–Kier alpha value is -1.20. The van der Waals surface area contributed by atoms with Gasteiger partial charge < -0.3 is 5.32 Å². The molecule has 0 amide bonds. The summed E-state index contributed by atoms with van der Waals surface area (Å²) in [5, 5.41) is 12.7. The molecule has 1 aromatic rings. The molecule has 0 saturated carbocycles. The fourth-order valence-corrected chi connectivity index (χ4v) is 2.01. The molecule has 0 bridgehead atoms. The zero-order valence-corrected chi connectivity index (χ0v) is 8.51. The van der Waals surface area contributed by atoms with Crippen molar-refractivity contribution in [3.05, 3.63) is 28.8 Å². The highest BCUT2D eigenvalue weighted by molar-refractivity contribution is 6.30. The Morgan fingerprint density at radius 2 is 2.43 bits per heavy atom. The average molecular weight is 207 g/mol. The molecule has 0 fully saturated rings. The summed E-state index contributed by atoms with van der Waals surface area (Å²) in [7, 11) is 0. The molecule has 2 rings (SSSR count). The third kappa shape index (κ3) is 1.83. The number of nitrogens with zero attached hydrogens (tertiary/aromatic N) is 1. The van der Waals surface area contributed by atoms with Crippen molar-refractivity contribution < 1.29 is 0 Å². The number of rotatable bonds is 1. The normalized spacial score (nSPS) is 19.3. The predicted molar refractivity (Wildman–Crippen MR) is 57.4 cm³/mol. The molecule has 1 N–H and O–H groups in total. The van der Waals surface area contributed by atoms with Crippen LogP contribution in [-0.2, 0) is 6.42 Å². The highest BCUT2D eigenvalue weighted by atomic mass is 35.5. The summed E-state index contributed by atoms with van der Waals surface area (Å²) < 4.78 is 0. The molecular formula is C11H11ClN2. The van der Waals surface area contributed by atoms with E-state index in [1.165, 1.54) is 5.56 Å². The van der Waals surface area contributed by atoms with Crippen molar-refractivity contribution in [3.8, 4) is 6.07 Å². The Bertz CT molecular complexity index is 381. The first-order valence-electron chi connectivity index (χ1n) is 4.69. The number of nitrogens with one attached hydrogen (secondary N) is 1. The maximum absolute atomic E-state index is 8.62. The molecule has 14 heavy (non-hydrogen) atoms. The molecule has 1 aromatic carbocycles. The number of hydrogen-bond acceptors (Lipinski definition) is 2. The zero-order valence-electron chi connectivity index (χ0n) is 7.76. The van der Waals surface area contributed by atoms with E-state index in [0.29, 0.717) is 12.3 Å². The fraction of sp³-hybridized carbons (Fsp3) is 0.364. The van der Waals surface area contributed by atoms with Crippen molar-refractivity contribution in [2.24, 2.45) is 5.92 Å². The Morgan fingerprint density at radius 1 is 1.57 bits per heavy atom. The molecule has 0 spiro atoms. The summed E-state index contributed by atoms with van der Waals surface area (Å²) in [5.41, 5.74) is 2.38. The van der Waals surface area contributed by atoms with Crippen molar-refractivity contribution in [1.82, 2.24) is 0 Å². The van der Waals surface area contributed by atoms with Crippen molar-refractivity contribution in [2.45, 2.75) is 12.8 Å². The van der Waals surface area contributed by atoms with Gasteiger partial charge in [-0.15, -0.1) is 0 Å². The van der Waals surface area contributed by atoms with E-state index in [9.17, 15) is 0 Å². The van der Waals surface area contributed by atoms with Gasteiger partial charge in [-0.05, 0) is 36.1 Å². The number of hydrogen-bond donors (Lipinski definition) is 1. The largest absolute Gasteiger partial charge is 0.384 e. The summed E-state index contributed by atoms with van der Waals surface area (Å²) in [6.07, 6.45) is 1.56. The predicted octanol–water partition coefficient (Wildman–Crippen LogP) is 2.84. The first-order chi connectivity index (χ1) is 6.79. The molecule has 3 heteroatoms. The van der Waals surface area contributed by atoms with Gasteiger partial charge in [0.25, 0.3) is 0 Å². The number of nitriles is 1. The van der Waals surface area contributed by atoms with Gasteiger partial charge in [-0.2, -0.15) is 5.26 Å². The summed E-state index contributed by atoms with van der Waals surface area (Å²) in [6.45, 7) is 0.891. The van der Waals surface area contributed by atoms with Gasteiger partial charge in [0, 0.05) is 23.7 Å². The molecule has 0 aliphatic carbocycles. The number of halogens is 1. The third-order valence-corrected chi connectivity index (χ3v) is 2.77. The van der Waals surface area contributed by atoms with Crippen LogP contribution in [0.3, 0.4) is 0 Å². The zero-order chi connectivity index (χ0) is 9.97. The van der Waals surface area contributed by atoms with Gasteiger partial charge in [0.1, 0.15) is 0 Å². The second-order valence-electron chi connectivity index (χ2n) is 3.61. The SMILES string of the molecule is N#CCC1CNc2ccc(Cl)cc2C1. The molecule has 1 aliphatic rings. The fourth-order valence-electron chi connectivity index (χ4n) is 1.81. The number of anilines is 1. The first kappa shape index (κ1) is 9.36. The lowest BCUT2D eigenvalue weighted by Crippen LogP contribution is -2.22. The maximum atomic E-state index is 8.62. The van der Waals surface area contributed by atoms with Gasteiger partial charge >= 0.3 is 0 Å². The van der Waals surface area contributed by atoms with Gasteiger partial charge in [0.2, 0.25) is 0 Å². The Balaban J connectivity index is 2.21. The van der Waals surface area contributed by atoms with Crippen LogP contribution in [0.2, 0.25) is 5.02 Å². The van der Waals surface area contributed by atoms with E-state index >= 15 is 0 Å². The highest BCUT2D eigenvalue weighted by Crippen LogP contribution is 2.28. The smallest absolute Gasteiger partial charge is 0.0625 e. The van der Waals surface area contributed by atoms with Crippen LogP contribution in [0.15, 0.2) is 18.2 Å². The summed E-state index contributed by atoms with van der Waals surface area (Å²) in [4.78, 5) is 0. The minimum atomic E-state index is 0.422. The summed E-state index contributed by atoms with van der Waals surface area (Å²) in [6, 6.07) is 8.08. The molecule has 2 nitrogen and oxygen atoms in total. The highest BCUT2D eigenvalue weighted by Gasteiger charge is 2.17. The van der Waals surface area contributed by atoms with E-state index in [-0.39, 0.29) is 0 Å². The van der Waals surface area contributed by atoms with E-state index in [2.05, 4.69) is 11.4 Å². The van der Waals surface area contributed by atoms with Gasteiger partial charge in [-0.1, -0.05) is 11.6 Å². The van der Waals surface area contributed by atoms with Crippen molar-refractivity contribution in [3.63, 3.8) is 0 Å². The molecule has 0 aromatic heterocycles. The van der Waals surface area contributed by atoms with Crippen LogP contribution in [0.25, 0.3) is 0 Å². The van der Waals surface area contributed by atoms with E-state index in [1.807, 2.05) is 18.2 Å². The number of fused-ring (bicyclic) bond motifs is 1. The van der Waals surface area contributed by atoms with E-state index in [1.54, 1.807) is 0 Å². The Labute approximate surface area is 88.5 Å². The van der Waals surface area contributed by atoms with Crippen LogP contribution in [-0.4, -0.2) is 6.54 Å². The average Bonchev–Trinajstić information content (AvgIpc) is 2.17. The lowest BCUT2D eigenvalue weighted by Gasteiger charge is -2.24. The summed E-state index contributed by atoms with van der Waals surface area (Å²) >= 11 is 5.91. The van der Waals surface area contributed by atoms with Gasteiger partial charge in [-0.25, -0.2) is 0 Å². The molecule has 1 unspecified atom stereocenters. The van der Waals surface area contributed by atoms with Crippen LogP contribution in [0, 0.1) is 17.2 Å². The quantitative estimate of drug-likeness (QED) is 0.767. The molecular weight excluding hydrogens is 196 g/mol. The number of benzene rings is 1. The lowest BCUT2D eigenvalue weighted by atomic mass is 9.92.